The summed E-state index contributed by atoms with van der Waals surface area (Å²) >= 11 is 10.2. The van der Waals surface area contributed by atoms with Crippen LogP contribution in [0.4, 0.5) is 26.3 Å². The molecular formula is C12H8Cl2F6. The van der Waals surface area contributed by atoms with Gasteiger partial charge in [-0.1, -0.05) is 48.0 Å². The molecule has 0 saturated carbocycles. The van der Waals surface area contributed by atoms with Gasteiger partial charge in [0.15, 0.2) is 0 Å². The zero-order valence-corrected chi connectivity index (χ0v) is 11.3. The zero-order valence-electron chi connectivity index (χ0n) is 9.75. The normalized spacial score (nSPS) is 13.4. The van der Waals surface area contributed by atoms with E-state index in [-0.39, 0.29) is 0 Å². The van der Waals surface area contributed by atoms with Gasteiger partial charge in [-0.25, -0.2) is 0 Å². The van der Waals surface area contributed by atoms with Crippen molar-refractivity contribution in [2.45, 2.75) is 23.1 Å². The Morgan fingerprint density at radius 1 is 1.00 bits per heavy atom. The van der Waals surface area contributed by atoms with Crippen molar-refractivity contribution in [3.63, 3.8) is 0 Å². The number of hydrogen-bond acceptors (Lipinski definition) is 0. The van der Waals surface area contributed by atoms with Crippen molar-refractivity contribution in [1.29, 1.82) is 0 Å². The summed E-state index contributed by atoms with van der Waals surface area (Å²) in [6.07, 6.45) is -10.8. The van der Waals surface area contributed by atoms with Crippen molar-refractivity contribution in [2.75, 3.05) is 0 Å². The maximum absolute atomic E-state index is 12.7. The fourth-order valence-electron chi connectivity index (χ4n) is 1.50. The van der Waals surface area contributed by atoms with Gasteiger partial charge in [-0.05, 0) is 17.2 Å². The van der Waals surface area contributed by atoms with Crippen molar-refractivity contribution in [3.05, 3.63) is 42.0 Å². The summed E-state index contributed by atoms with van der Waals surface area (Å²) < 4.78 is 72.6. The second kappa shape index (κ2) is 5.48. The molecule has 0 aliphatic carbocycles. The Morgan fingerprint density at radius 3 is 1.95 bits per heavy atom. The number of halogens is 8. The Morgan fingerprint density at radius 2 is 1.50 bits per heavy atom. The molecule has 20 heavy (non-hydrogen) atoms. The topological polar surface area (TPSA) is 0 Å². The molecule has 8 heteroatoms. The van der Waals surface area contributed by atoms with Gasteiger partial charge in [0.1, 0.15) is 0 Å². The zero-order chi connectivity index (χ0) is 15.8. The van der Waals surface area contributed by atoms with E-state index in [1.807, 2.05) is 0 Å². The molecule has 0 fully saturated rings. The van der Waals surface area contributed by atoms with Gasteiger partial charge >= 0.3 is 12.4 Å². The fraction of sp³-hybridized carbons (Fsp3) is 0.333. The molecule has 0 aromatic heterocycles. The SMILES string of the molecule is C=C(CC(Cl)(Cl)C(F)(F)F)c1ccccc1C(F)(F)F. The minimum Gasteiger partial charge on any atom is -0.168 e. The molecule has 0 heterocycles. The predicted octanol–water partition coefficient (Wildman–Crippen LogP) is 5.84. The number of allylic oxidation sites excluding steroid dienone is 1. The lowest BCUT2D eigenvalue weighted by Crippen LogP contribution is -2.34. The minimum atomic E-state index is -4.98. The van der Waals surface area contributed by atoms with Crippen LogP contribution in [-0.4, -0.2) is 10.5 Å². The van der Waals surface area contributed by atoms with E-state index in [0.717, 1.165) is 18.2 Å². The van der Waals surface area contributed by atoms with Crippen LogP contribution in [0.3, 0.4) is 0 Å². The van der Waals surface area contributed by atoms with Gasteiger partial charge in [-0.2, -0.15) is 26.3 Å². The van der Waals surface area contributed by atoms with E-state index < -0.39 is 39.8 Å². The van der Waals surface area contributed by atoms with E-state index in [1.165, 1.54) is 6.07 Å². The van der Waals surface area contributed by atoms with E-state index in [1.54, 1.807) is 0 Å². The first kappa shape index (κ1) is 17.2. The lowest BCUT2D eigenvalue weighted by atomic mass is 9.96. The van der Waals surface area contributed by atoms with Gasteiger partial charge in [0.2, 0.25) is 4.33 Å². The summed E-state index contributed by atoms with van der Waals surface area (Å²) in [6, 6.07) is 4.15. The Balaban J connectivity index is 3.12. The highest BCUT2D eigenvalue weighted by molar-refractivity contribution is 6.49. The molecule has 0 amide bonds. The molecule has 0 radical (unpaired) electrons. The molecule has 1 rings (SSSR count). The first-order valence-corrected chi connectivity index (χ1v) is 5.91. The average Bonchev–Trinajstić information content (AvgIpc) is 2.25. The van der Waals surface area contributed by atoms with E-state index in [4.69, 9.17) is 23.2 Å². The average molecular weight is 337 g/mol. The van der Waals surface area contributed by atoms with E-state index in [0.29, 0.717) is 0 Å². The van der Waals surface area contributed by atoms with E-state index >= 15 is 0 Å². The summed E-state index contributed by atoms with van der Waals surface area (Å²) in [7, 11) is 0. The lowest BCUT2D eigenvalue weighted by Gasteiger charge is -2.24. The summed E-state index contributed by atoms with van der Waals surface area (Å²) in [5, 5.41) is 0. The number of hydrogen-bond donors (Lipinski definition) is 0. The number of alkyl halides is 8. The molecule has 1 aromatic rings. The monoisotopic (exact) mass is 336 g/mol. The number of benzene rings is 1. The first-order chi connectivity index (χ1) is 8.86. The van der Waals surface area contributed by atoms with Crippen molar-refractivity contribution >= 4 is 28.8 Å². The van der Waals surface area contributed by atoms with Crippen molar-refractivity contribution < 1.29 is 26.3 Å². The second-order valence-electron chi connectivity index (χ2n) is 4.03. The molecule has 0 aliphatic heterocycles. The molecule has 0 atom stereocenters. The Kier molecular flexibility index (Phi) is 4.71. The van der Waals surface area contributed by atoms with Crippen LogP contribution in [0, 0.1) is 0 Å². The van der Waals surface area contributed by atoms with Crippen LogP contribution in [-0.2, 0) is 6.18 Å². The third kappa shape index (κ3) is 3.82. The van der Waals surface area contributed by atoms with Crippen LogP contribution in [0.2, 0.25) is 0 Å². The summed E-state index contributed by atoms with van der Waals surface area (Å²) in [6.45, 7) is 3.23. The Labute approximate surface area is 121 Å². The van der Waals surface area contributed by atoms with Gasteiger partial charge in [-0.3, -0.25) is 0 Å². The van der Waals surface area contributed by atoms with Crippen molar-refractivity contribution in [1.82, 2.24) is 0 Å². The highest BCUT2D eigenvalue weighted by Crippen LogP contribution is 2.46. The third-order valence-electron chi connectivity index (χ3n) is 2.46. The third-order valence-corrected chi connectivity index (χ3v) is 3.16. The largest absolute Gasteiger partial charge is 0.421 e. The molecule has 0 saturated heterocycles. The first-order valence-electron chi connectivity index (χ1n) is 5.15. The van der Waals surface area contributed by atoms with Crippen LogP contribution >= 0.6 is 23.2 Å². The number of rotatable bonds is 3. The second-order valence-corrected chi connectivity index (χ2v) is 5.51. The summed E-state index contributed by atoms with van der Waals surface area (Å²) in [5.41, 5.74) is -1.99. The summed E-state index contributed by atoms with van der Waals surface area (Å²) in [5.74, 6) is 0. The van der Waals surface area contributed by atoms with E-state index in [2.05, 4.69) is 6.58 Å². The lowest BCUT2D eigenvalue weighted by molar-refractivity contribution is -0.140. The fourth-order valence-corrected chi connectivity index (χ4v) is 1.82. The van der Waals surface area contributed by atoms with Gasteiger partial charge in [0, 0.05) is 6.42 Å². The molecule has 0 N–H and O–H groups in total. The van der Waals surface area contributed by atoms with Gasteiger partial charge in [0.05, 0.1) is 5.56 Å². The van der Waals surface area contributed by atoms with Crippen LogP contribution in [0.5, 0.6) is 0 Å². The highest BCUT2D eigenvalue weighted by atomic mass is 35.5. The molecule has 0 bridgehead atoms. The molecule has 0 unspecified atom stereocenters. The molecule has 112 valence electrons. The maximum Gasteiger partial charge on any atom is 0.421 e. The van der Waals surface area contributed by atoms with Crippen molar-refractivity contribution in [2.24, 2.45) is 0 Å². The Hall–Kier alpha value is -0.880. The maximum atomic E-state index is 12.7. The highest BCUT2D eigenvalue weighted by Gasteiger charge is 2.53. The summed E-state index contributed by atoms with van der Waals surface area (Å²) in [4.78, 5) is 0. The Bertz CT molecular complexity index is 501. The van der Waals surface area contributed by atoms with Gasteiger partial charge < -0.3 is 0 Å². The van der Waals surface area contributed by atoms with Gasteiger partial charge in [-0.15, -0.1) is 0 Å². The van der Waals surface area contributed by atoms with Crippen LogP contribution in [0.1, 0.15) is 17.5 Å². The van der Waals surface area contributed by atoms with Gasteiger partial charge in [0.25, 0.3) is 0 Å². The predicted molar refractivity (Wildman–Crippen MR) is 65.6 cm³/mol. The van der Waals surface area contributed by atoms with Crippen LogP contribution in [0.15, 0.2) is 30.8 Å². The minimum absolute atomic E-state index is 0.444. The van der Waals surface area contributed by atoms with E-state index in [9.17, 15) is 26.3 Å². The van der Waals surface area contributed by atoms with Crippen LogP contribution < -0.4 is 0 Å². The standard InChI is InChI=1S/C12H8Cl2F6/c1-7(6-10(13,14)12(18,19)20)8-4-2-3-5-9(8)11(15,16)17/h2-5H,1,6H2. The quantitative estimate of drug-likeness (QED) is 0.480. The van der Waals surface area contributed by atoms with Crippen molar-refractivity contribution in [3.8, 4) is 0 Å². The van der Waals surface area contributed by atoms with Crippen LogP contribution in [0.25, 0.3) is 5.57 Å². The molecular weight excluding hydrogens is 329 g/mol. The molecule has 0 aliphatic rings. The smallest absolute Gasteiger partial charge is 0.168 e. The molecule has 0 spiro atoms. The molecule has 1 aromatic carbocycles. The molecule has 0 nitrogen and oxygen atoms in total.